The Morgan fingerprint density at radius 1 is 1.25 bits per heavy atom. The van der Waals surface area contributed by atoms with Crippen LogP contribution in [0.25, 0.3) is 22.3 Å². The largest absolute Gasteiger partial charge is 0.507 e. The normalized spacial score (nSPS) is 18.9. The highest BCUT2D eigenvalue weighted by atomic mass is 35.5. The smallest absolute Gasteiger partial charge is 0.274 e. The van der Waals surface area contributed by atoms with E-state index in [0.717, 1.165) is 6.07 Å². The van der Waals surface area contributed by atoms with Crippen molar-refractivity contribution in [3.8, 4) is 22.8 Å². The molecule has 2 unspecified atom stereocenters. The Morgan fingerprint density at radius 3 is 2.66 bits per heavy atom. The fourth-order valence-electron chi connectivity index (χ4n) is 4.34. The fourth-order valence-corrected chi connectivity index (χ4v) is 4.62. The lowest BCUT2D eigenvalue weighted by molar-refractivity contribution is 0.0706. The van der Waals surface area contributed by atoms with Crippen molar-refractivity contribution in [2.75, 3.05) is 20.2 Å². The number of phenolic OH excluding ortho intramolecular Hbond substituents is 2. The Labute approximate surface area is 187 Å². The predicted octanol–water partition coefficient (Wildman–Crippen LogP) is 2.42. The number of aliphatic hydroxyl groups excluding tert-OH is 1. The average molecular weight is 461 g/mol. The Bertz CT molecular complexity index is 1270. The number of hydroxylamine groups is 1. The summed E-state index contributed by atoms with van der Waals surface area (Å²) in [5, 5.41) is 39.7. The van der Waals surface area contributed by atoms with Gasteiger partial charge in [0.15, 0.2) is 5.43 Å². The number of aliphatic hydroxyl groups is 1. The maximum absolute atomic E-state index is 12.9. The molecule has 3 aromatic rings. The number of aromatic hydroxyl groups is 2. The fraction of sp³-hybridized carbons (Fsp3) is 0.273. The zero-order chi connectivity index (χ0) is 23.2. The molecule has 1 amide bonds. The molecule has 1 fully saturated rings. The summed E-state index contributed by atoms with van der Waals surface area (Å²) in [6, 6.07) is 6.13. The summed E-state index contributed by atoms with van der Waals surface area (Å²) in [6.45, 7) is 0.509. The minimum atomic E-state index is -0.754. The number of carbonyl (C=O) groups is 1. The van der Waals surface area contributed by atoms with E-state index < -0.39 is 17.1 Å². The molecule has 0 spiro atoms. The first kappa shape index (κ1) is 22.1. The van der Waals surface area contributed by atoms with Crippen molar-refractivity contribution < 1.29 is 29.7 Å². The van der Waals surface area contributed by atoms with E-state index in [9.17, 15) is 24.9 Å². The van der Waals surface area contributed by atoms with E-state index in [4.69, 9.17) is 21.2 Å². The molecule has 0 bridgehead atoms. The second kappa shape index (κ2) is 8.44. The minimum Gasteiger partial charge on any atom is -0.507 e. The van der Waals surface area contributed by atoms with Crippen molar-refractivity contribution >= 4 is 28.5 Å². The highest BCUT2D eigenvalue weighted by Crippen LogP contribution is 2.44. The van der Waals surface area contributed by atoms with Gasteiger partial charge in [0, 0.05) is 40.8 Å². The van der Waals surface area contributed by atoms with Gasteiger partial charge in [0.2, 0.25) is 0 Å². The topological polar surface area (TPSA) is 143 Å². The van der Waals surface area contributed by atoms with Gasteiger partial charge in [-0.25, -0.2) is 5.48 Å². The maximum Gasteiger partial charge on any atom is 0.274 e. The number of likely N-dealkylation sites (tertiary alicyclic amines) is 1. The van der Waals surface area contributed by atoms with Crippen LogP contribution in [0.1, 0.15) is 28.3 Å². The van der Waals surface area contributed by atoms with Crippen molar-refractivity contribution in [1.29, 1.82) is 0 Å². The molecule has 0 aliphatic carbocycles. The van der Waals surface area contributed by atoms with E-state index in [2.05, 4.69) is 0 Å². The van der Waals surface area contributed by atoms with Crippen LogP contribution in [0.2, 0.25) is 5.02 Å². The minimum absolute atomic E-state index is 0.0111. The zero-order valence-corrected chi connectivity index (χ0v) is 17.8. The third-order valence-electron chi connectivity index (χ3n) is 5.98. The number of amides is 1. The number of fused-ring (bicyclic) bond motifs is 1. The molecule has 1 aromatic heterocycles. The van der Waals surface area contributed by atoms with Gasteiger partial charge in [-0.1, -0.05) is 11.6 Å². The van der Waals surface area contributed by atoms with Gasteiger partial charge in [-0.3, -0.25) is 14.8 Å². The Balaban J connectivity index is 1.95. The summed E-state index contributed by atoms with van der Waals surface area (Å²) in [5.74, 6) is -1.68. The van der Waals surface area contributed by atoms with Gasteiger partial charge < -0.3 is 24.6 Å². The second-order valence-corrected chi connectivity index (χ2v) is 8.18. The van der Waals surface area contributed by atoms with E-state index in [1.165, 1.54) is 29.7 Å². The lowest BCUT2D eigenvalue weighted by Gasteiger charge is -2.24. The number of carbonyl (C=O) groups excluding carboxylic acids is 1. The molecule has 168 valence electrons. The predicted molar refractivity (Wildman–Crippen MR) is 116 cm³/mol. The molecule has 2 aromatic carbocycles. The Kier molecular flexibility index (Phi) is 5.83. The average Bonchev–Trinajstić information content (AvgIpc) is 3.12. The SMILES string of the molecule is CN1CCC(c2c(O)cc(O)c3c(=O)cc(-c4ccc(C(=O)NO)cc4Cl)oc23)C1CO. The molecule has 9 nitrogen and oxygen atoms in total. The maximum atomic E-state index is 12.9. The van der Waals surface area contributed by atoms with Gasteiger partial charge >= 0.3 is 0 Å². The second-order valence-electron chi connectivity index (χ2n) is 7.77. The van der Waals surface area contributed by atoms with Crippen LogP contribution < -0.4 is 10.9 Å². The zero-order valence-electron chi connectivity index (χ0n) is 17.0. The first-order chi connectivity index (χ1) is 15.3. The molecular formula is C22H21ClN2O7. The molecule has 0 saturated carbocycles. The van der Waals surface area contributed by atoms with Gasteiger partial charge in [-0.05, 0) is 38.2 Å². The summed E-state index contributed by atoms with van der Waals surface area (Å²) in [7, 11) is 1.85. The monoisotopic (exact) mass is 460 g/mol. The number of hydrogen-bond donors (Lipinski definition) is 5. The van der Waals surface area contributed by atoms with Gasteiger partial charge in [0.1, 0.15) is 28.2 Å². The first-order valence-electron chi connectivity index (χ1n) is 9.85. The lowest BCUT2D eigenvalue weighted by atomic mass is 9.89. The quantitative estimate of drug-likeness (QED) is 0.295. The molecule has 2 heterocycles. The van der Waals surface area contributed by atoms with Crippen LogP contribution in [0, 0.1) is 0 Å². The van der Waals surface area contributed by atoms with Crippen LogP contribution in [0.4, 0.5) is 0 Å². The van der Waals surface area contributed by atoms with Crippen molar-refractivity contribution in [3.63, 3.8) is 0 Å². The summed E-state index contributed by atoms with van der Waals surface area (Å²) in [6.07, 6.45) is 0.606. The lowest BCUT2D eigenvalue weighted by Crippen LogP contribution is -2.32. The number of rotatable bonds is 4. The number of likely N-dealkylation sites (N-methyl/N-ethyl adjacent to an activating group) is 1. The third-order valence-corrected chi connectivity index (χ3v) is 6.29. The van der Waals surface area contributed by atoms with Crippen molar-refractivity contribution in [1.82, 2.24) is 10.4 Å². The molecule has 4 rings (SSSR count). The van der Waals surface area contributed by atoms with Crippen molar-refractivity contribution in [2.24, 2.45) is 0 Å². The van der Waals surface area contributed by atoms with Gasteiger partial charge in [0.05, 0.1) is 11.6 Å². The summed E-state index contributed by atoms with van der Waals surface area (Å²) < 4.78 is 6.01. The highest BCUT2D eigenvalue weighted by Gasteiger charge is 2.36. The van der Waals surface area contributed by atoms with Crippen LogP contribution in [0.3, 0.4) is 0 Å². The van der Waals surface area contributed by atoms with E-state index in [0.29, 0.717) is 24.1 Å². The third kappa shape index (κ3) is 3.59. The Hall–Kier alpha value is -3.11. The van der Waals surface area contributed by atoms with Gasteiger partial charge in [0.25, 0.3) is 5.91 Å². The van der Waals surface area contributed by atoms with Crippen LogP contribution in [0.15, 0.2) is 39.5 Å². The molecular weight excluding hydrogens is 440 g/mol. The number of halogens is 1. The Morgan fingerprint density at radius 2 is 2.00 bits per heavy atom. The van der Waals surface area contributed by atoms with Gasteiger partial charge in [-0.15, -0.1) is 0 Å². The highest BCUT2D eigenvalue weighted by molar-refractivity contribution is 6.33. The van der Waals surface area contributed by atoms with E-state index in [-0.39, 0.29) is 51.6 Å². The van der Waals surface area contributed by atoms with Gasteiger partial charge in [-0.2, -0.15) is 0 Å². The van der Waals surface area contributed by atoms with E-state index >= 15 is 0 Å². The van der Waals surface area contributed by atoms with Crippen molar-refractivity contribution in [2.45, 2.75) is 18.4 Å². The number of nitrogens with one attached hydrogen (secondary N) is 1. The van der Waals surface area contributed by atoms with Crippen LogP contribution in [-0.4, -0.2) is 57.6 Å². The van der Waals surface area contributed by atoms with Crippen LogP contribution in [-0.2, 0) is 0 Å². The van der Waals surface area contributed by atoms with E-state index in [1.807, 2.05) is 11.9 Å². The van der Waals surface area contributed by atoms with Crippen molar-refractivity contribution in [3.05, 3.63) is 56.7 Å². The number of hydrogen-bond acceptors (Lipinski definition) is 8. The number of benzene rings is 2. The molecule has 1 aliphatic heterocycles. The summed E-state index contributed by atoms with van der Waals surface area (Å²) in [4.78, 5) is 26.5. The molecule has 2 atom stereocenters. The number of nitrogens with zero attached hydrogens (tertiary/aromatic N) is 1. The summed E-state index contributed by atoms with van der Waals surface area (Å²) in [5.41, 5.74) is 1.71. The van der Waals surface area contributed by atoms with Crippen LogP contribution in [0.5, 0.6) is 11.5 Å². The van der Waals surface area contributed by atoms with E-state index in [1.54, 1.807) is 0 Å². The molecule has 5 N–H and O–H groups in total. The van der Waals surface area contributed by atoms with Crippen LogP contribution >= 0.6 is 11.6 Å². The molecule has 32 heavy (non-hydrogen) atoms. The molecule has 10 heteroatoms. The molecule has 0 radical (unpaired) electrons. The molecule has 1 saturated heterocycles. The first-order valence-corrected chi connectivity index (χ1v) is 10.2. The summed E-state index contributed by atoms with van der Waals surface area (Å²) >= 11 is 6.30. The number of phenols is 2. The molecule has 1 aliphatic rings. The standard InChI is InChI=1S/C22H21ClN2O7/c1-25-5-4-12(14(25)9-26)19-15(27)7-16(28)20-17(29)8-18(32-21(19)20)11-3-2-10(6-13(11)23)22(30)24-31/h2-3,6-8,12,14,26-28,31H,4-5,9H2,1H3,(H,24,30).